The van der Waals surface area contributed by atoms with Crippen LogP contribution in [0, 0.1) is 0 Å². The summed E-state index contributed by atoms with van der Waals surface area (Å²) in [6, 6.07) is 11.5. The molecule has 1 aliphatic rings. The van der Waals surface area contributed by atoms with Crippen LogP contribution in [0.15, 0.2) is 53.4 Å². The highest BCUT2D eigenvalue weighted by Gasteiger charge is 2.35. The first-order chi connectivity index (χ1) is 12.9. The van der Waals surface area contributed by atoms with E-state index in [1.54, 1.807) is 30.3 Å². The average molecular weight is 387 g/mol. The molecule has 0 aromatic heterocycles. The number of amides is 1. The van der Waals surface area contributed by atoms with Crippen molar-refractivity contribution in [1.82, 2.24) is 5.32 Å². The first-order valence-corrected chi connectivity index (χ1v) is 10.1. The van der Waals surface area contributed by atoms with Crippen LogP contribution in [0.3, 0.4) is 0 Å². The second-order valence-electron chi connectivity index (χ2n) is 6.14. The molecule has 1 amide bonds. The normalized spacial score (nSPS) is 17.5. The maximum absolute atomic E-state index is 12.3. The van der Waals surface area contributed by atoms with Crippen molar-refractivity contribution >= 4 is 21.8 Å². The van der Waals surface area contributed by atoms with Gasteiger partial charge in [0.1, 0.15) is 0 Å². The summed E-state index contributed by atoms with van der Waals surface area (Å²) >= 11 is 0. The fraction of sp³-hybridized carbons (Fsp3) is 0.250. The minimum Gasteiger partial charge on any atom is -0.493 e. The van der Waals surface area contributed by atoms with Crippen LogP contribution in [0.25, 0.3) is 6.08 Å². The summed E-state index contributed by atoms with van der Waals surface area (Å²) in [6.45, 7) is 1.68. The molecule has 0 aliphatic carbocycles. The van der Waals surface area contributed by atoms with Gasteiger partial charge in [-0.3, -0.25) is 4.79 Å². The van der Waals surface area contributed by atoms with Crippen LogP contribution in [0.2, 0.25) is 0 Å². The van der Waals surface area contributed by atoms with Crippen LogP contribution in [0.5, 0.6) is 11.5 Å². The predicted octanol–water partition coefficient (Wildman–Crippen LogP) is 2.75. The fourth-order valence-corrected chi connectivity index (χ4v) is 4.79. The molecule has 6 nitrogen and oxygen atoms in total. The molecular formula is C20H21NO5S. The van der Waals surface area contributed by atoms with Crippen LogP contribution in [-0.2, 0) is 14.6 Å². The number of sulfone groups is 1. The maximum Gasteiger partial charge on any atom is 0.258 e. The number of rotatable bonds is 6. The minimum absolute atomic E-state index is 0.139. The molecule has 1 aliphatic heterocycles. The van der Waals surface area contributed by atoms with E-state index in [0.717, 1.165) is 5.56 Å². The number of carbonyl (C=O) groups excluding carboxylic acids is 1. The molecule has 2 aromatic carbocycles. The Labute approximate surface area is 158 Å². The Kier molecular flexibility index (Phi) is 5.51. The molecule has 7 heteroatoms. The van der Waals surface area contributed by atoms with Crippen LogP contribution >= 0.6 is 0 Å². The molecule has 0 unspecified atom stereocenters. The molecular weight excluding hydrogens is 366 g/mol. The second kappa shape index (κ2) is 7.84. The van der Waals surface area contributed by atoms with E-state index in [0.29, 0.717) is 17.1 Å². The third kappa shape index (κ3) is 4.14. The number of ether oxygens (including phenoxy) is 2. The molecule has 1 atom stereocenters. The molecule has 3 rings (SSSR count). The topological polar surface area (TPSA) is 81.7 Å². The minimum atomic E-state index is -3.37. The summed E-state index contributed by atoms with van der Waals surface area (Å²) in [5.74, 6) is 0.429. The van der Waals surface area contributed by atoms with Crippen molar-refractivity contribution in [3.8, 4) is 11.5 Å². The Morgan fingerprint density at radius 3 is 2.74 bits per heavy atom. The third-order valence-corrected chi connectivity index (χ3v) is 6.07. The van der Waals surface area contributed by atoms with E-state index in [9.17, 15) is 13.2 Å². The summed E-state index contributed by atoms with van der Waals surface area (Å²) < 4.78 is 35.2. The summed E-state index contributed by atoms with van der Waals surface area (Å²) in [5.41, 5.74) is 1.57. The van der Waals surface area contributed by atoms with Gasteiger partial charge in [0.2, 0.25) is 0 Å². The van der Waals surface area contributed by atoms with Gasteiger partial charge in [0.05, 0.1) is 23.8 Å². The number of fused-ring (bicyclic) bond motifs is 1. The largest absolute Gasteiger partial charge is 0.493 e. The van der Waals surface area contributed by atoms with Crippen molar-refractivity contribution in [2.45, 2.75) is 17.9 Å². The van der Waals surface area contributed by atoms with Gasteiger partial charge < -0.3 is 14.8 Å². The van der Waals surface area contributed by atoms with Crippen molar-refractivity contribution in [2.75, 3.05) is 19.5 Å². The Morgan fingerprint density at radius 2 is 2.00 bits per heavy atom. The van der Waals surface area contributed by atoms with Gasteiger partial charge in [-0.05, 0) is 36.2 Å². The third-order valence-electron chi connectivity index (χ3n) is 4.26. The number of nitrogens with one attached hydrogen (secondary N) is 1. The number of allylic oxidation sites excluding steroid dienone is 1. The molecule has 142 valence electrons. The molecule has 1 N–H and O–H groups in total. The van der Waals surface area contributed by atoms with E-state index < -0.39 is 21.8 Å². The number of hydrogen-bond acceptors (Lipinski definition) is 5. The van der Waals surface area contributed by atoms with E-state index >= 15 is 0 Å². The van der Waals surface area contributed by atoms with Crippen molar-refractivity contribution in [1.29, 1.82) is 0 Å². The molecule has 0 radical (unpaired) electrons. The van der Waals surface area contributed by atoms with E-state index in [4.69, 9.17) is 9.47 Å². The highest BCUT2D eigenvalue weighted by Crippen LogP contribution is 2.33. The lowest BCUT2D eigenvalue weighted by Crippen LogP contribution is -2.33. The summed E-state index contributed by atoms with van der Waals surface area (Å²) in [7, 11) is -1.84. The molecule has 0 fully saturated rings. The van der Waals surface area contributed by atoms with Crippen molar-refractivity contribution in [2.24, 2.45) is 0 Å². The summed E-state index contributed by atoms with van der Waals surface area (Å²) in [5, 5.41) is 2.74. The lowest BCUT2D eigenvalue weighted by atomic mass is 10.1. The number of hydrogen-bond donors (Lipinski definition) is 1. The molecule has 1 heterocycles. The van der Waals surface area contributed by atoms with E-state index in [1.807, 2.05) is 31.2 Å². The fourth-order valence-electron chi connectivity index (χ4n) is 3.05. The van der Waals surface area contributed by atoms with Gasteiger partial charge in [-0.15, -0.1) is 0 Å². The van der Waals surface area contributed by atoms with Gasteiger partial charge >= 0.3 is 0 Å². The zero-order valence-electron chi connectivity index (χ0n) is 15.1. The Bertz CT molecular complexity index is 982. The molecule has 0 bridgehead atoms. The van der Waals surface area contributed by atoms with E-state index in [-0.39, 0.29) is 17.3 Å². The highest BCUT2D eigenvalue weighted by molar-refractivity contribution is 7.91. The summed E-state index contributed by atoms with van der Waals surface area (Å²) in [6.07, 6.45) is 3.84. The van der Waals surface area contributed by atoms with Gasteiger partial charge in [0, 0.05) is 0 Å². The Morgan fingerprint density at radius 1 is 1.22 bits per heavy atom. The first kappa shape index (κ1) is 19.0. The van der Waals surface area contributed by atoms with E-state index in [2.05, 4.69) is 5.32 Å². The summed E-state index contributed by atoms with van der Waals surface area (Å²) in [4.78, 5) is 12.6. The lowest BCUT2D eigenvalue weighted by Gasteiger charge is -2.14. The quantitative estimate of drug-likeness (QED) is 0.824. The SMILES string of the molecule is C/C=C\c1ccc(OCC(=O)N[C@@H]2CS(=O)(=O)c3ccccc32)c(OC)c1. The van der Waals surface area contributed by atoms with Gasteiger partial charge in [0.15, 0.2) is 27.9 Å². The molecule has 0 saturated heterocycles. The predicted molar refractivity (Wildman–Crippen MR) is 103 cm³/mol. The zero-order valence-corrected chi connectivity index (χ0v) is 16.0. The number of benzene rings is 2. The van der Waals surface area contributed by atoms with Crippen LogP contribution < -0.4 is 14.8 Å². The Balaban J connectivity index is 1.66. The number of carbonyl (C=O) groups is 1. The van der Waals surface area contributed by atoms with Crippen LogP contribution in [-0.4, -0.2) is 33.8 Å². The van der Waals surface area contributed by atoms with Crippen molar-refractivity contribution < 1.29 is 22.7 Å². The zero-order chi connectivity index (χ0) is 19.4. The smallest absolute Gasteiger partial charge is 0.258 e. The van der Waals surface area contributed by atoms with E-state index in [1.165, 1.54) is 7.11 Å². The van der Waals surface area contributed by atoms with Crippen LogP contribution in [0.4, 0.5) is 0 Å². The lowest BCUT2D eigenvalue weighted by molar-refractivity contribution is -0.123. The first-order valence-electron chi connectivity index (χ1n) is 8.49. The monoisotopic (exact) mass is 387 g/mol. The van der Waals surface area contributed by atoms with Gasteiger partial charge in [-0.1, -0.05) is 36.4 Å². The Hall–Kier alpha value is -2.80. The molecule has 0 saturated carbocycles. The van der Waals surface area contributed by atoms with Gasteiger partial charge in [-0.2, -0.15) is 0 Å². The van der Waals surface area contributed by atoms with Gasteiger partial charge in [0.25, 0.3) is 5.91 Å². The molecule has 27 heavy (non-hydrogen) atoms. The maximum atomic E-state index is 12.3. The standard InChI is InChI=1S/C20H21NO5S/c1-3-6-14-9-10-17(18(11-14)25-2)26-12-20(22)21-16-13-27(23,24)19-8-5-4-7-15(16)19/h3-11,16H,12-13H2,1-2H3,(H,21,22)/b6-3-/t16-/m1/s1. The average Bonchev–Trinajstić information content (AvgIpc) is 2.91. The van der Waals surface area contributed by atoms with Crippen LogP contribution in [0.1, 0.15) is 24.1 Å². The second-order valence-corrected chi connectivity index (χ2v) is 8.14. The van der Waals surface area contributed by atoms with Gasteiger partial charge in [-0.25, -0.2) is 8.42 Å². The molecule has 0 spiro atoms. The van der Waals surface area contributed by atoms with Crippen molar-refractivity contribution in [3.05, 3.63) is 59.7 Å². The van der Waals surface area contributed by atoms with Crippen molar-refractivity contribution in [3.63, 3.8) is 0 Å². The molecule has 2 aromatic rings. The highest BCUT2D eigenvalue weighted by atomic mass is 32.2. The number of methoxy groups -OCH3 is 1.